The van der Waals surface area contributed by atoms with E-state index in [-0.39, 0.29) is 7.85 Å². The largest absolute Gasteiger partial charge is 0.416 e. The van der Waals surface area contributed by atoms with E-state index in [4.69, 9.17) is 9.68 Å². The van der Waals surface area contributed by atoms with Gasteiger partial charge in [0.2, 0.25) is 6.41 Å². The molecule has 1 aromatic heterocycles. The molecule has 2 fully saturated rings. The molecule has 7 heteroatoms. The number of amides is 1. The minimum atomic E-state index is -0.786. The molecule has 0 spiro atoms. The molecule has 3 aromatic rings. The first-order valence-corrected chi connectivity index (χ1v) is 11.9. The van der Waals surface area contributed by atoms with Crippen LogP contribution in [0, 0.1) is 35.2 Å². The van der Waals surface area contributed by atoms with Crippen LogP contribution in [-0.4, -0.2) is 37.0 Å². The van der Waals surface area contributed by atoms with Crippen molar-refractivity contribution in [3.63, 3.8) is 0 Å². The maximum Gasteiger partial charge on any atom is 0.390 e. The highest BCUT2D eigenvalue weighted by atomic mass is 19.1. The van der Waals surface area contributed by atoms with E-state index < -0.39 is 17.5 Å². The van der Waals surface area contributed by atoms with Crippen molar-refractivity contribution in [1.82, 2.24) is 10.2 Å². The number of carbonyl (C=O) groups is 1. The molecule has 2 unspecified atom stereocenters. The molecule has 1 amide bonds. The Bertz CT molecular complexity index is 1250. The van der Waals surface area contributed by atoms with E-state index in [0.29, 0.717) is 28.5 Å². The van der Waals surface area contributed by atoms with Crippen LogP contribution in [0.1, 0.15) is 40.1 Å². The molecule has 3 atom stereocenters. The first-order chi connectivity index (χ1) is 17.0. The number of benzene rings is 2. The van der Waals surface area contributed by atoms with Gasteiger partial charge in [0.05, 0.1) is 11.5 Å². The fourth-order valence-corrected chi connectivity index (χ4v) is 4.65. The molecular formula is C28H32FN3O3. The van der Waals surface area contributed by atoms with Crippen molar-refractivity contribution in [2.45, 2.75) is 51.6 Å². The smallest absolute Gasteiger partial charge is 0.390 e. The van der Waals surface area contributed by atoms with Crippen LogP contribution < -0.4 is 10.9 Å². The Morgan fingerprint density at radius 1 is 1.26 bits per heavy atom. The van der Waals surface area contributed by atoms with Crippen LogP contribution >= 0.6 is 0 Å². The second-order valence-electron chi connectivity index (χ2n) is 8.60. The highest BCUT2D eigenvalue weighted by Crippen LogP contribution is 2.35. The maximum absolute atomic E-state index is 14.3. The SMILES string of the molecule is CC.CN1CC2CCC1C2.N#C[C@H](Cc1ccc(-c2ccc3oc(=O)c#cc3c2)cc1F)NC=O.[HH]. The van der Waals surface area contributed by atoms with E-state index in [1.54, 1.807) is 30.3 Å². The second-order valence-corrected chi connectivity index (χ2v) is 8.60. The molecule has 1 aliphatic heterocycles. The Morgan fingerprint density at radius 3 is 2.57 bits per heavy atom. The van der Waals surface area contributed by atoms with Gasteiger partial charge in [-0.05, 0) is 67.1 Å². The lowest BCUT2D eigenvalue weighted by Gasteiger charge is -2.20. The molecule has 0 radical (unpaired) electrons. The summed E-state index contributed by atoms with van der Waals surface area (Å²) in [5.74, 6) is 0.602. The molecule has 5 rings (SSSR count). The van der Waals surface area contributed by atoms with Crippen molar-refractivity contribution >= 4 is 17.4 Å². The molecule has 1 aliphatic carbocycles. The van der Waals surface area contributed by atoms with Crippen molar-refractivity contribution in [1.29, 1.82) is 5.26 Å². The monoisotopic (exact) mass is 477 g/mol. The zero-order valence-electron chi connectivity index (χ0n) is 20.3. The zero-order valence-corrected chi connectivity index (χ0v) is 20.3. The number of nitrogens with one attached hydrogen (secondary N) is 1. The van der Waals surface area contributed by atoms with Gasteiger partial charge in [0.25, 0.3) is 0 Å². The molecule has 1 saturated carbocycles. The van der Waals surface area contributed by atoms with E-state index in [1.165, 1.54) is 31.9 Å². The van der Waals surface area contributed by atoms with Gasteiger partial charge in [0, 0.05) is 26.5 Å². The van der Waals surface area contributed by atoms with Crippen molar-refractivity contribution in [3.05, 3.63) is 70.3 Å². The van der Waals surface area contributed by atoms with Crippen LogP contribution in [0.3, 0.4) is 0 Å². The number of fused-ring (bicyclic) bond motifs is 3. The Balaban J connectivity index is 0.000000346. The normalized spacial score (nSPS) is 18.8. The summed E-state index contributed by atoms with van der Waals surface area (Å²) in [7, 11) is 2.25. The molecule has 6 nitrogen and oxygen atoms in total. The molecule has 1 N–H and O–H groups in total. The Morgan fingerprint density at radius 2 is 2.00 bits per heavy atom. The number of nitrogens with zero attached hydrogens (tertiary/aromatic N) is 2. The number of hydrogen-bond donors (Lipinski definition) is 1. The molecule has 2 aliphatic rings. The Hall–Kier alpha value is -3.68. The van der Waals surface area contributed by atoms with Crippen LogP contribution in [0.4, 0.5) is 4.39 Å². The van der Waals surface area contributed by atoms with E-state index >= 15 is 0 Å². The molecular weight excluding hydrogens is 445 g/mol. The van der Waals surface area contributed by atoms with Gasteiger partial charge in [-0.1, -0.05) is 38.1 Å². The van der Waals surface area contributed by atoms with Crippen molar-refractivity contribution in [2.24, 2.45) is 5.92 Å². The number of likely N-dealkylation sites (tertiary alicyclic amines) is 1. The summed E-state index contributed by atoms with van der Waals surface area (Å²) in [5.41, 5.74) is 1.45. The summed E-state index contributed by atoms with van der Waals surface area (Å²) in [4.78, 5) is 24.1. The number of carbonyl (C=O) groups excluding carboxylic acids is 1. The summed E-state index contributed by atoms with van der Waals surface area (Å²) in [6.45, 7) is 5.38. The van der Waals surface area contributed by atoms with E-state index in [1.807, 2.05) is 19.9 Å². The lowest BCUT2D eigenvalue weighted by atomic mass is 9.99. The number of halogens is 1. The average molecular weight is 478 g/mol. The summed E-state index contributed by atoms with van der Waals surface area (Å²) in [5, 5.41) is 11.8. The van der Waals surface area contributed by atoms with Crippen LogP contribution in [0.25, 0.3) is 22.1 Å². The highest BCUT2D eigenvalue weighted by molar-refractivity contribution is 5.81. The molecule has 2 aromatic carbocycles. The summed E-state index contributed by atoms with van der Waals surface area (Å²) in [6, 6.07) is 16.8. The minimum absolute atomic E-state index is 0. The molecule has 2 heterocycles. The van der Waals surface area contributed by atoms with E-state index in [0.717, 1.165) is 17.5 Å². The number of rotatable bonds is 5. The van der Waals surface area contributed by atoms with Crippen LogP contribution in [0.15, 0.2) is 45.6 Å². The van der Waals surface area contributed by atoms with E-state index in [2.05, 4.69) is 29.4 Å². The van der Waals surface area contributed by atoms with Crippen LogP contribution in [0.2, 0.25) is 0 Å². The predicted molar refractivity (Wildman–Crippen MR) is 135 cm³/mol. The first kappa shape index (κ1) is 25.9. The van der Waals surface area contributed by atoms with Gasteiger partial charge in [0.15, 0.2) is 0 Å². The zero-order chi connectivity index (χ0) is 25.4. The molecule has 35 heavy (non-hydrogen) atoms. The van der Waals surface area contributed by atoms with Gasteiger partial charge in [-0.2, -0.15) is 5.26 Å². The van der Waals surface area contributed by atoms with Crippen molar-refractivity contribution < 1.29 is 15.0 Å². The van der Waals surface area contributed by atoms with Gasteiger partial charge < -0.3 is 14.6 Å². The van der Waals surface area contributed by atoms with Crippen LogP contribution in [0.5, 0.6) is 0 Å². The highest BCUT2D eigenvalue weighted by Gasteiger charge is 2.35. The molecule has 184 valence electrons. The lowest BCUT2D eigenvalue weighted by Crippen LogP contribution is -2.28. The van der Waals surface area contributed by atoms with Gasteiger partial charge in [-0.15, -0.1) is 0 Å². The summed E-state index contributed by atoms with van der Waals surface area (Å²) < 4.78 is 19.3. The summed E-state index contributed by atoms with van der Waals surface area (Å²) >= 11 is 0. The number of piperidine rings is 1. The quantitative estimate of drug-likeness (QED) is 0.536. The fraction of sp³-hybridized carbons (Fsp3) is 0.393. The summed E-state index contributed by atoms with van der Waals surface area (Å²) in [6.07, 6.45) is 4.97. The third kappa shape index (κ3) is 6.47. The fourth-order valence-electron chi connectivity index (χ4n) is 4.65. The maximum atomic E-state index is 14.3. The Labute approximate surface area is 206 Å². The third-order valence-electron chi connectivity index (χ3n) is 6.40. The second kappa shape index (κ2) is 12.1. The minimum Gasteiger partial charge on any atom is -0.416 e. The topological polar surface area (TPSA) is 86.3 Å². The predicted octanol–water partition coefficient (Wildman–Crippen LogP) is 4.75. The van der Waals surface area contributed by atoms with Crippen molar-refractivity contribution in [2.75, 3.05) is 13.6 Å². The van der Waals surface area contributed by atoms with Gasteiger partial charge in [0.1, 0.15) is 17.4 Å². The Kier molecular flexibility index (Phi) is 9.00. The van der Waals surface area contributed by atoms with E-state index in [9.17, 15) is 14.0 Å². The van der Waals surface area contributed by atoms with Crippen molar-refractivity contribution in [3.8, 4) is 17.2 Å². The molecule has 1 saturated heterocycles. The molecule has 2 bridgehead atoms. The number of hydrogen-bond acceptors (Lipinski definition) is 5. The van der Waals surface area contributed by atoms with Gasteiger partial charge in [-0.25, -0.2) is 9.18 Å². The first-order valence-electron chi connectivity index (χ1n) is 11.9. The average Bonchev–Trinajstić information content (AvgIpc) is 3.49. The van der Waals surface area contributed by atoms with Gasteiger partial charge in [-0.3, -0.25) is 4.79 Å². The van der Waals surface area contributed by atoms with Gasteiger partial charge >= 0.3 is 5.63 Å². The lowest BCUT2D eigenvalue weighted by molar-refractivity contribution is -0.109. The van der Waals surface area contributed by atoms with Crippen LogP contribution in [-0.2, 0) is 11.2 Å². The third-order valence-corrected chi connectivity index (χ3v) is 6.40. The standard InChI is InChI=1S/C19H11FN2O3.C7H13N.C2H6.H2/c20-17-9-13(1-2-14(17)8-16(10-21)22-11-23)12-3-5-18-15(7-12)4-6-19(24)25-18;1-8-5-6-2-3-7(8)4-6;1-2;/h1-3,5,7,9,11,16H,8H2,(H,22,23);6-7H,2-5H2,1H3;1-2H3;1H/t16-;;;/m0.../s1. The number of nitriles is 1.